The lowest BCUT2D eigenvalue weighted by atomic mass is 9.89. The van der Waals surface area contributed by atoms with Crippen LogP contribution in [0.5, 0.6) is 11.8 Å². The molecule has 5 fully saturated rings. The minimum absolute atomic E-state index is 0.00391. The number of aromatic hydroxyl groups is 1. The van der Waals surface area contributed by atoms with E-state index in [-0.39, 0.29) is 53.6 Å². The van der Waals surface area contributed by atoms with Gasteiger partial charge >= 0.3 is 6.01 Å². The Hall–Kier alpha value is -3.77. The highest BCUT2D eigenvalue weighted by Gasteiger charge is 2.77. The number of alkyl halides is 2. The molecule has 1 aliphatic carbocycles. The highest BCUT2D eigenvalue weighted by Crippen LogP contribution is 2.69. The largest absolute Gasteiger partial charge is 0.508 e. The number of nitrogens with zero attached hydrogens (tertiary/aromatic N) is 5. The van der Waals surface area contributed by atoms with E-state index >= 15 is 4.39 Å². The van der Waals surface area contributed by atoms with Crippen molar-refractivity contribution in [1.82, 2.24) is 25.2 Å². The number of nitrogens with one attached hydrogen (secondary N) is 1. The first-order valence-corrected chi connectivity index (χ1v) is 16.7. The van der Waals surface area contributed by atoms with Crippen LogP contribution in [0, 0.1) is 17.0 Å². The second-order valence-corrected chi connectivity index (χ2v) is 14.4. The molecule has 0 amide bonds. The van der Waals surface area contributed by atoms with Crippen molar-refractivity contribution in [2.75, 3.05) is 37.7 Å². The van der Waals surface area contributed by atoms with Gasteiger partial charge in [-0.25, -0.2) is 17.6 Å². The van der Waals surface area contributed by atoms with Gasteiger partial charge in [0.1, 0.15) is 35.2 Å². The van der Waals surface area contributed by atoms with Gasteiger partial charge in [0.25, 0.3) is 5.92 Å². The quantitative estimate of drug-likeness (QED) is 0.248. The number of hydrogen-bond acceptors (Lipinski definition) is 8. The Morgan fingerprint density at radius 3 is 2.62 bits per heavy atom. The fourth-order valence-electron chi connectivity index (χ4n) is 9.17. The maximum absolute atomic E-state index is 16.9. The molecule has 2 bridgehead atoms. The molecule has 0 unspecified atom stereocenters. The molecule has 1 saturated carbocycles. The maximum Gasteiger partial charge on any atom is 0.319 e. The van der Waals surface area contributed by atoms with E-state index in [9.17, 15) is 18.3 Å². The summed E-state index contributed by atoms with van der Waals surface area (Å²) in [7, 11) is 0. The summed E-state index contributed by atoms with van der Waals surface area (Å²) in [6, 6.07) is 6.39. The monoisotopic (exact) mass is 648 g/mol. The number of ether oxygens (including phenoxy) is 1. The average Bonchev–Trinajstić information content (AvgIpc) is 3.37. The Kier molecular flexibility index (Phi) is 6.32. The van der Waals surface area contributed by atoms with Gasteiger partial charge in [-0.2, -0.15) is 9.97 Å². The summed E-state index contributed by atoms with van der Waals surface area (Å²) in [5, 5.41) is 15.7. The number of rotatable bonds is 6. The first-order valence-electron chi connectivity index (χ1n) is 16.7. The standard InChI is InChI=1S/C35H36F4N6O2/c1-2-23-26(36)7-4-19-10-22(46)11-24(27(19)23)29-28(37)30-25(12-40-29)31(44-13-20-5-6-21(14-44)41-20)43-32(42-30)47-18-34-8-3-9-45(34)17-33(15-34)16-35(33,38)39/h4,7,10-12,20-21,41,46H,2-3,5-6,8-9,13-18H2,1H3/t20-,21-,33-,34-/m0/s1. The second-order valence-electron chi connectivity index (χ2n) is 14.4. The van der Waals surface area contributed by atoms with Crippen molar-refractivity contribution in [1.29, 1.82) is 0 Å². The van der Waals surface area contributed by atoms with Crippen molar-refractivity contribution >= 4 is 27.5 Å². The molecule has 5 aliphatic rings. The number of phenols is 1. The Balaban J connectivity index is 1.16. The zero-order valence-corrected chi connectivity index (χ0v) is 26.1. The molecule has 2 aromatic heterocycles. The van der Waals surface area contributed by atoms with E-state index in [2.05, 4.69) is 25.1 Å². The summed E-state index contributed by atoms with van der Waals surface area (Å²) in [6.07, 6.45) is 5.90. The minimum Gasteiger partial charge on any atom is -0.508 e. The molecule has 2 aromatic carbocycles. The minimum atomic E-state index is -2.65. The van der Waals surface area contributed by atoms with Crippen LogP contribution in [0.4, 0.5) is 23.4 Å². The number of anilines is 1. The fourth-order valence-corrected chi connectivity index (χ4v) is 9.17. The molecule has 4 atom stereocenters. The number of aromatic nitrogens is 3. The number of benzene rings is 2. The van der Waals surface area contributed by atoms with Gasteiger partial charge in [-0.3, -0.25) is 9.88 Å². The third-order valence-electron chi connectivity index (χ3n) is 11.5. The topological polar surface area (TPSA) is 86.6 Å². The van der Waals surface area contributed by atoms with Crippen molar-refractivity contribution in [2.24, 2.45) is 5.41 Å². The number of hydrogen-bond donors (Lipinski definition) is 2. The van der Waals surface area contributed by atoms with Crippen LogP contribution in [0.15, 0.2) is 30.5 Å². The van der Waals surface area contributed by atoms with Crippen LogP contribution in [0.3, 0.4) is 0 Å². The Bertz CT molecular complexity index is 1950. The van der Waals surface area contributed by atoms with Crippen LogP contribution >= 0.6 is 0 Å². The smallest absolute Gasteiger partial charge is 0.319 e. The van der Waals surface area contributed by atoms with Crippen molar-refractivity contribution < 1.29 is 27.4 Å². The number of piperazine rings is 1. The third-order valence-corrected chi connectivity index (χ3v) is 11.5. The molecule has 1 spiro atoms. The lowest BCUT2D eigenvalue weighted by molar-refractivity contribution is 0.0647. The third kappa shape index (κ3) is 4.43. The molecule has 12 heteroatoms. The van der Waals surface area contributed by atoms with Crippen LogP contribution in [-0.2, 0) is 6.42 Å². The van der Waals surface area contributed by atoms with Crippen molar-refractivity contribution in [3.63, 3.8) is 0 Å². The Morgan fingerprint density at radius 1 is 1.09 bits per heavy atom. The van der Waals surface area contributed by atoms with E-state index < -0.39 is 28.5 Å². The van der Waals surface area contributed by atoms with E-state index in [1.165, 1.54) is 18.2 Å². The molecule has 246 valence electrons. The van der Waals surface area contributed by atoms with Crippen LogP contribution in [0.1, 0.15) is 51.0 Å². The Morgan fingerprint density at radius 2 is 1.87 bits per heavy atom. The van der Waals surface area contributed by atoms with E-state index in [4.69, 9.17) is 9.72 Å². The second kappa shape index (κ2) is 10.1. The van der Waals surface area contributed by atoms with E-state index in [0.717, 1.165) is 32.2 Å². The highest BCUT2D eigenvalue weighted by molar-refractivity contribution is 6.01. The number of halogens is 4. The Labute approximate surface area is 269 Å². The molecule has 9 rings (SSSR count). The molecular formula is C35H36F4N6O2. The zero-order valence-electron chi connectivity index (χ0n) is 26.1. The number of pyridine rings is 1. The van der Waals surface area contributed by atoms with Gasteiger partial charge in [-0.1, -0.05) is 13.0 Å². The zero-order chi connectivity index (χ0) is 32.3. The van der Waals surface area contributed by atoms with Crippen LogP contribution < -0.4 is 15.0 Å². The van der Waals surface area contributed by atoms with Gasteiger partial charge < -0.3 is 20.1 Å². The van der Waals surface area contributed by atoms with Gasteiger partial charge in [0, 0.05) is 49.9 Å². The normalized spacial score (nSPS) is 29.3. The van der Waals surface area contributed by atoms with Gasteiger partial charge in [0.05, 0.1) is 16.3 Å². The van der Waals surface area contributed by atoms with Gasteiger partial charge in [0.2, 0.25) is 0 Å². The van der Waals surface area contributed by atoms with E-state index in [1.807, 2.05) is 6.92 Å². The summed E-state index contributed by atoms with van der Waals surface area (Å²) >= 11 is 0. The van der Waals surface area contributed by atoms with Gasteiger partial charge in [-0.05, 0) is 79.6 Å². The molecule has 2 N–H and O–H groups in total. The molecule has 6 heterocycles. The molecule has 0 radical (unpaired) electrons. The SMILES string of the molecule is CCc1c(F)ccc2cc(O)cc(-c3ncc4c(N5C[C@@H]6CC[C@@H](C5)N6)nc(OC[C@@]56CCCN5C[C@@]5(CC5(F)F)C6)nc4c3F)c12. The number of aryl methyl sites for hydroxylation is 1. The first-order chi connectivity index (χ1) is 22.6. The fraction of sp³-hybridized carbons (Fsp3) is 0.514. The lowest BCUT2D eigenvalue weighted by Crippen LogP contribution is -2.51. The van der Waals surface area contributed by atoms with E-state index in [0.29, 0.717) is 60.0 Å². The van der Waals surface area contributed by atoms with Crippen LogP contribution in [0.25, 0.3) is 32.9 Å². The predicted molar refractivity (Wildman–Crippen MR) is 169 cm³/mol. The van der Waals surface area contributed by atoms with E-state index in [1.54, 1.807) is 12.3 Å². The van der Waals surface area contributed by atoms with Gasteiger partial charge in [-0.15, -0.1) is 0 Å². The summed E-state index contributed by atoms with van der Waals surface area (Å²) in [6.45, 7) is 4.42. The summed E-state index contributed by atoms with van der Waals surface area (Å²) in [5.41, 5.74) is -0.914. The van der Waals surface area contributed by atoms with Crippen molar-refractivity contribution in [2.45, 2.75) is 75.4 Å². The molecule has 4 aliphatic heterocycles. The molecule has 8 nitrogen and oxygen atoms in total. The summed E-state index contributed by atoms with van der Waals surface area (Å²) in [5.74, 6) is -3.38. The highest BCUT2D eigenvalue weighted by atomic mass is 19.3. The maximum atomic E-state index is 16.9. The van der Waals surface area contributed by atoms with Crippen molar-refractivity contribution in [3.05, 3.63) is 47.7 Å². The number of phenolic OH excluding ortho intramolecular Hbond substituents is 1. The summed E-state index contributed by atoms with van der Waals surface area (Å²) in [4.78, 5) is 18.2. The molecule has 47 heavy (non-hydrogen) atoms. The summed E-state index contributed by atoms with van der Waals surface area (Å²) < 4.78 is 67.1. The average molecular weight is 649 g/mol. The first kappa shape index (κ1) is 29.4. The predicted octanol–water partition coefficient (Wildman–Crippen LogP) is 5.97. The molecule has 4 saturated heterocycles. The molecular weight excluding hydrogens is 612 g/mol. The van der Waals surface area contributed by atoms with Crippen LogP contribution in [0.2, 0.25) is 0 Å². The number of fused-ring (bicyclic) bond motifs is 5. The van der Waals surface area contributed by atoms with Crippen molar-refractivity contribution in [3.8, 4) is 23.0 Å². The van der Waals surface area contributed by atoms with Gasteiger partial charge in [0.15, 0.2) is 5.82 Å². The lowest BCUT2D eigenvalue weighted by Gasteiger charge is -2.34. The van der Waals surface area contributed by atoms with Crippen LogP contribution in [-0.4, -0.2) is 81.3 Å². The molecule has 4 aromatic rings.